The Morgan fingerprint density at radius 2 is 1.58 bits per heavy atom. The van der Waals surface area contributed by atoms with E-state index in [1.807, 2.05) is 67.6 Å². The van der Waals surface area contributed by atoms with Crippen LogP contribution in [0.15, 0.2) is 72.8 Å². The number of aryl methyl sites for hydroxylation is 1. The number of para-hydroxylation sites is 3. The quantitative estimate of drug-likeness (QED) is 0.601. The zero-order valence-corrected chi connectivity index (χ0v) is 15.3. The van der Waals surface area contributed by atoms with Crippen LogP contribution in [0, 0.1) is 6.92 Å². The molecule has 3 heteroatoms. The molecule has 0 spiro atoms. The van der Waals surface area contributed by atoms with Crippen molar-refractivity contribution in [2.45, 2.75) is 26.7 Å². The Labute approximate surface area is 154 Å². The molecule has 3 aromatic carbocycles. The van der Waals surface area contributed by atoms with Crippen LogP contribution in [0.1, 0.15) is 41.3 Å². The number of nitrogens with one attached hydrogen (secondary N) is 1. The Morgan fingerprint density at radius 1 is 0.885 bits per heavy atom. The fourth-order valence-corrected chi connectivity index (χ4v) is 2.88. The molecule has 1 amide bonds. The molecule has 0 radical (unpaired) electrons. The van der Waals surface area contributed by atoms with E-state index in [9.17, 15) is 4.79 Å². The number of anilines is 1. The van der Waals surface area contributed by atoms with Gasteiger partial charge in [-0.05, 0) is 48.2 Å². The Balaban J connectivity index is 1.90. The van der Waals surface area contributed by atoms with Crippen molar-refractivity contribution < 1.29 is 9.53 Å². The molecule has 0 atom stereocenters. The van der Waals surface area contributed by atoms with Crippen molar-refractivity contribution in [3.63, 3.8) is 0 Å². The third-order valence-corrected chi connectivity index (χ3v) is 4.27. The Kier molecular flexibility index (Phi) is 5.37. The standard InChI is InChI=1S/C23H23NO2/c1-16(2)19-14-9-10-17(3)22(19)24-23(25)20-13-7-8-15-21(20)26-18-11-5-4-6-12-18/h4-16H,1-3H3,(H,24,25). The van der Waals surface area contributed by atoms with Gasteiger partial charge in [-0.25, -0.2) is 0 Å². The largest absolute Gasteiger partial charge is 0.457 e. The molecule has 0 aliphatic heterocycles. The molecule has 0 aliphatic rings. The minimum atomic E-state index is -0.173. The van der Waals surface area contributed by atoms with Crippen LogP contribution in [0.3, 0.4) is 0 Å². The monoisotopic (exact) mass is 345 g/mol. The number of rotatable bonds is 5. The number of carbonyl (C=O) groups is 1. The SMILES string of the molecule is Cc1cccc(C(C)C)c1NC(=O)c1ccccc1Oc1ccccc1. The number of carbonyl (C=O) groups excluding carboxylic acids is 1. The molecule has 3 nitrogen and oxygen atoms in total. The molecule has 0 unspecified atom stereocenters. The summed E-state index contributed by atoms with van der Waals surface area (Å²) in [5.74, 6) is 1.39. The van der Waals surface area contributed by atoms with Crippen molar-refractivity contribution in [3.8, 4) is 11.5 Å². The summed E-state index contributed by atoms with van der Waals surface area (Å²) in [6.45, 7) is 6.25. The van der Waals surface area contributed by atoms with Gasteiger partial charge in [0.25, 0.3) is 5.91 Å². The van der Waals surface area contributed by atoms with Crippen molar-refractivity contribution in [3.05, 3.63) is 89.5 Å². The maximum Gasteiger partial charge on any atom is 0.259 e. The van der Waals surface area contributed by atoms with E-state index in [0.717, 1.165) is 16.8 Å². The summed E-state index contributed by atoms with van der Waals surface area (Å²) in [7, 11) is 0. The van der Waals surface area contributed by atoms with E-state index in [-0.39, 0.29) is 5.91 Å². The van der Waals surface area contributed by atoms with Gasteiger partial charge in [-0.3, -0.25) is 4.79 Å². The van der Waals surface area contributed by atoms with Gasteiger partial charge >= 0.3 is 0 Å². The first kappa shape index (κ1) is 17.7. The number of ether oxygens (including phenoxy) is 1. The lowest BCUT2D eigenvalue weighted by atomic mass is 9.98. The van der Waals surface area contributed by atoms with Crippen molar-refractivity contribution in [2.75, 3.05) is 5.32 Å². The topological polar surface area (TPSA) is 38.3 Å². The van der Waals surface area contributed by atoms with Crippen LogP contribution >= 0.6 is 0 Å². The van der Waals surface area contributed by atoms with Gasteiger partial charge < -0.3 is 10.1 Å². The maximum atomic E-state index is 13.0. The Hall–Kier alpha value is -3.07. The summed E-state index contributed by atoms with van der Waals surface area (Å²) in [5.41, 5.74) is 3.56. The maximum absolute atomic E-state index is 13.0. The lowest BCUT2D eigenvalue weighted by Crippen LogP contribution is -2.15. The highest BCUT2D eigenvalue weighted by molar-refractivity contribution is 6.07. The van der Waals surface area contributed by atoms with E-state index in [0.29, 0.717) is 23.0 Å². The zero-order valence-electron chi connectivity index (χ0n) is 15.3. The number of hydrogen-bond acceptors (Lipinski definition) is 2. The van der Waals surface area contributed by atoms with Crippen molar-refractivity contribution in [2.24, 2.45) is 0 Å². The van der Waals surface area contributed by atoms with Crippen molar-refractivity contribution in [1.82, 2.24) is 0 Å². The second-order valence-corrected chi connectivity index (χ2v) is 6.56. The lowest BCUT2D eigenvalue weighted by molar-refractivity contribution is 0.102. The van der Waals surface area contributed by atoms with Gasteiger partial charge in [-0.1, -0.05) is 62.4 Å². The Bertz CT molecular complexity index is 901. The van der Waals surface area contributed by atoms with E-state index < -0.39 is 0 Å². The van der Waals surface area contributed by atoms with E-state index in [1.54, 1.807) is 6.07 Å². The first-order valence-electron chi connectivity index (χ1n) is 8.79. The van der Waals surface area contributed by atoms with Crippen LogP contribution in [0.2, 0.25) is 0 Å². The minimum Gasteiger partial charge on any atom is -0.457 e. The second kappa shape index (κ2) is 7.87. The molecule has 0 saturated carbocycles. The Morgan fingerprint density at radius 3 is 2.31 bits per heavy atom. The predicted molar refractivity (Wildman–Crippen MR) is 106 cm³/mol. The van der Waals surface area contributed by atoms with Gasteiger partial charge in [0.05, 0.1) is 5.56 Å². The van der Waals surface area contributed by atoms with Gasteiger partial charge in [-0.15, -0.1) is 0 Å². The average molecular weight is 345 g/mol. The van der Waals surface area contributed by atoms with E-state index in [2.05, 4.69) is 25.2 Å². The van der Waals surface area contributed by atoms with Crippen molar-refractivity contribution in [1.29, 1.82) is 0 Å². The van der Waals surface area contributed by atoms with Gasteiger partial charge in [0, 0.05) is 5.69 Å². The summed E-state index contributed by atoms with van der Waals surface area (Å²) >= 11 is 0. The third-order valence-electron chi connectivity index (χ3n) is 4.27. The molecule has 0 fully saturated rings. The molecule has 1 N–H and O–H groups in total. The van der Waals surface area contributed by atoms with E-state index in [1.165, 1.54) is 0 Å². The molecule has 0 bridgehead atoms. The summed E-state index contributed by atoms with van der Waals surface area (Å²) in [6.07, 6.45) is 0. The number of amides is 1. The molecule has 26 heavy (non-hydrogen) atoms. The third kappa shape index (κ3) is 3.94. The fraction of sp³-hybridized carbons (Fsp3) is 0.174. The summed E-state index contributed by atoms with van der Waals surface area (Å²) < 4.78 is 5.92. The molecule has 0 saturated heterocycles. The molecule has 0 heterocycles. The van der Waals surface area contributed by atoms with Crippen molar-refractivity contribution >= 4 is 11.6 Å². The molecule has 3 aromatic rings. The molecule has 0 aromatic heterocycles. The zero-order chi connectivity index (χ0) is 18.5. The van der Waals surface area contributed by atoms with E-state index >= 15 is 0 Å². The minimum absolute atomic E-state index is 0.173. The molecule has 3 rings (SSSR count). The summed E-state index contributed by atoms with van der Waals surface area (Å²) in [5, 5.41) is 3.08. The summed E-state index contributed by atoms with van der Waals surface area (Å²) in [4.78, 5) is 13.0. The van der Waals surface area contributed by atoms with Crippen LogP contribution < -0.4 is 10.1 Å². The second-order valence-electron chi connectivity index (χ2n) is 6.56. The smallest absolute Gasteiger partial charge is 0.259 e. The first-order chi connectivity index (χ1) is 12.6. The molecular weight excluding hydrogens is 322 g/mol. The number of benzene rings is 3. The normalized spacial score (nSPS) is 10.6. The lowest BCUT2D eigenvalue weighted by Gasteiger charge is -2.17. The molecule has 0 aliphatic carbocycles. The highest BCUT2D eigenvalue weighted by atomic mass is 16.5. The van der Waals surface area contributed by atoms with Crippen LogP contribution in [-0.2, 0) is 0 Å². The molecular formula is C23H23NO2. The van der Waals surface area contributed by atoms with Gasteiger partial charge in [0.1, 0.15) is 11.5 Å². The summed E-state index contributed by atoms with van der Waals surface area (Å²) in [6, 6.07) is 22.8. The van der Waals surface area contributed by atoms with Crippen LogP contribution in [0.25, 0.3) is 0 Å². The molecule has 132 valence electrons. The fourth-order valence-electron chi connectivity index (χ4n) is 2.88. The van der Waals surface area contributed by atoms with Crippen LogP contribution in [-0.4, -0.2) is 5.91 Å². The van der Waals surface area contributed by atoms with Gasteiger partial charge in [-0.2, -0.15) is 0 Å². The highest BCUT2D eigenvalue weighted by Crippen LogP contribution is 2.30. The van der Waals surface area contributed by atoms with Gasteiger partial charge in [0.2, 0.25) is 0 Å². The predicted octanol–water partition coefficient (Wildman–Crippen LogP) is 6.16. The van der Waals surface area contributed by atoms with Gasteiger partial charge in [0.15, 0.2) is 0 Å². The van der Waals surface area contributed by atoms with Crippen LogP contribution in [0.5, 0.6) is 11.5 Å². The highest BCUT2D eigenvalue weighted by Gasteiger charge is 2.16. The first-order valence-corrected chi connectivity index (χ1v) is 8.79. The van der Waals surface area contributed by atoms with E-state index in [4.69, 9.17) is 4.74 Å². The number of hydrogen-bond donors (Lipinski definition) is 1. The van der Waals surface area contributed by atoms with Crippen LogP contribution in [0.4, 0.5) is 5.69 Å². The average Bonchev–Trinajstić information content (AvgIpc) is 2.64.